The Kier molecular flexibility index (Phi) is 6.63. The molecule has 166 valence electrons. The molecule has 1 N–H and O–H groups in total. The minimum Gasteiger partial charge on any atom is -0.476 e. The van der Waals surface area contributed by atoms with Gasteiger partial charge < -0.3 is 14.6 Å². The minimum atomic E-state index is -1.52. The third-order valence-electron chi connectivity index (χ3n) is 3.47. The lowest BCUT2D eigenvalue weighted by atomic mass is 10.1. The van der Waals surface area contributed by atoms with Gasteiger partial charge in [0.2, 0.25) is 0 Å². The fraction of sp³-hybridized carbons (Fsp3) is 0.381. The van der Waals surface area contributed by atoms with Crippen LogP contribution in [0.5, 0.6) is 0 Å². The van der Waals surface area contributed by atoms with Gasteiger partial charge in [-0.15, -0.1) is 0 Å². The van der Waals surface area contributed by atoms with Gasteiger partial charge in [-0.2, -0.15) is 4.90 Å². The first-order chi connectivity index (χ1) is 14.2. The maximum atomic E-state index is 13.5. The summed E-state index contributed by atoms with van der Waals surface area (Å²) in [5, 5.41) is 9.69. The average Bonchev–Trinajstić information content (AvgIpc) is 2.58. The molecule has 0 aliphatic carbocycles. The van der Waals surface area contributed by atoms with Crippen molar-refractivity contribution in [3.63, 3.8) is 0 Å². The van der Waals surface area contributed by atoms with Crippen molar-refractivity contribution < 1.29 is 33.4 Å². The Morgan fingerprint density at radius 1 is 0.968 bits per heavy atom. The van der Waals surface area contributed by atoms with Gasteiger partial charge in [-0.25, -0.2) is 23.8 Å². The van der Waals surface area contributed by atoms with Crippen molar-refractivity contribution in [1.82, 2.24) is 9.97 Å². The van der Waals surface area contributed by atoms with Crippen molar-refractivity contribution in [2.75, 3.05) is 4.90 Å². The second kappa shape index (κ2) is 8.66. The highest BCUT2D eigenvalue weighted by molar-refractivity contribution is 6.12. The van der Waals surface area contributed by atoms with Crippen LogP contribution in [0.25, 0.3) is 11.3 Å². The lowest BCUT2D eigenvalue weighted by Gasteiger charge is -2.29. The van der Waals surface area contributed by atoms with E-state index in [2.05, 4.69) is 9.97 Å². The molecule has 0 fully saturated rings. The highest BCUT2D eigenvalue weighted by Crippen LogP contribution is 2.28. The van der Waals surface area contributed by atoms with Gasteiger partial charge in [0.1, 0.15) is 17.0 Å². The zero-order chi connectivity index (χ0) is 23.6. The SMILES string of the molecule is CC(C)(C)OC(=O)N(C(=O)OC(C)(C)C)c1ccc(-c2cncc(F)c2)nc1C(=O)O. The van der Waals surface area contributed by atoms with Gasteiger partial charge in [-0.1, -0.05) is 0 Å². The predicted molar refractivity (Wildman–Crippen MR) is 109 cm³/mol. The van der Waals surface area contributed by atoms with Crippen LogP contribution in [0.3, 0.4) is 0 Å². The lowest BCUT2D eigenvalue weighted by Crippen LogP contribution is -2.44. The molecule has 2 aromatic rings. The number of aromatic nitrogens is 2. The first kappa shape index (κ1) is 23.7. The number of carboxylic acid groups (broad SMARTS) is 1. The molecule has 31 heavy (non-hydrogen) atoms. The van der Waals surface area contributed by atoms with Crippen molar-refractivity contribution in [2.45, 2.75) is 52.7 Å². The van der Waals surface area contributed by atoms with Crippen LogP contribution in [0, 0.1) is 5.82 Å². The highest BCUT2D eigenvalue weighted by atomic mass is 19.1. The molecule has 2 aromatic heterocycles. The topological polar surface area (TPSA) is 119 Å². The number of amides is 2. The Morgan fingerprint density at radius 3 is 1.97 bits per heavy atom. The Hall–Kier alpha value is -3.56. The molecular formula is C21H24FN3O6. The average molecular weight is 433 g/mol. The van der Waals surface area contributed by atoms with Crippen LogP contribution in [0.4, 0.5) is 19.7 Å². The Labute approximate surface area is 178 Å². The number of anilines is 1. The van der Waals surface area contributed by atoms with Gasteiger partial charge in [0, 0.05) is 11.8 Å². The number of carbonyl (C=O) groups excluding carboxylic acids is 2. The monoisotopic (exact) mass is 433 g/mol. The number of pyridine rings is 2. The van der Waals surface area contributed by atoms with Gasteiger partial charge in [-0.05, 0) is 59.7 Å². The summed E-state index contributed by atoms with van der Waals surface area (Å²) in [6, 6.07) is 3.66. The first-order valence-electron chi connectivity index (χ1n) is 9.29. The van der Waals surface area contributed by atoms with Gasteiger partial charge in [0.05, 0.1) is 17.6 Å². The molecule has 2 heterocycles. The van der Waals surface area contributed by atoms with Crippen LogP contribution in [-0.4, -0.2) is 44.4 Å². The van der Waals surface area contributed by atoms with E-state index in [9.17, 15) is 23.9 Å². The number of hydrogen-bond donors (Lipinski definition) is 1. The van der Waals surface area contributed by atoms with E-state index in [4.69, 9.17) is 9.47 Å². The summed E-state index contributed by atoms with van der Waals surface area (Å²) in [4.78, 5) is 45.7. The summed E-state index contributed by atoms with van der Waals surface area (Å²) in [6.45, 7) is 9.55. The van der Waals surface area contributed by atoms with Crippen LogP contribution >= 0.6 is 0 Å². The van der Waals surface area contributed by atoms with E-state index in [-0.39, 0.29) is 16.9 Å². The van der Waals surface area contributed by atoms with Crippen LogP contribution in [0.15, 0.2) is 30.6 Å². The molecule has 0 aliphatic heterocycles. The number of ether oxygens (including phenoxy) is 2. The van der Waals surface area contributed by atoms with Crippen molar-refractivity contribution in [2.24, 2.45) is 0 Å². The third-order valence-corrected chi connectivity index (χ3v) is 3.47. The number of carboxylic acids is 1. The highest BCUT2D eigenvalue weighted by Gasteiger charge is 2.35. The molecule has 0 saturated carbocycles. The molecule has 0 bridgehead atoms. The molecule has 0 aliphatic rings. The number of aromatic carboxylic acids is 1. The van der Waals surface area contributed by atoms with Crippen molar-refractivity contribution in [1.29, 1.82) is 0 Å². The second-order valence-electron chi connectivity index (χ2n) is 8.56. The molecule has 0 radical (unpaired) electrons. The molecule has 0 atom stereocenters. The van der Waals surface area contributed by atoms with Crippen LogP contribution < -0.4 is 4.90 Å². The number of hydrogen-bond acceptors (Lipinski definition) is 7. The second-order valence-corrected chi connectivity index (χ2v) is 8.56. The zero-order valence-corrected chi connectivity index (χ0v) is 18.1. The van der Waals surface area contributed by atoms with Crippen LogP contribution in [0.2, 0.25) is 0 Å². The van der Waals surface area contributed by atoms with Gasteiger partial charge in [0.25, 0.3) is 0 Å². The number of nitrogens with zero attached hydrogens (tertiary/aromatic N) is 3. The van der Waals surface area contributed by atoms with E-state index in [0.717, 1.165) is 12.3 Å². The molecule has 0 saturated heterocycles. The number of rotatable bonds is 3. The quantitative estimate of drug-likeness (QED) is 0.742. The molecule has 0 aromatic carbocycles. The van der Waals surface area contributed by atoms with Gasteiger partial charge in [0.15, 0.2) is 5.69 Å². The molecule has 0 spiro atoms. The summed E-state index contributed by atoms with van der Waals surface area (Å²) in [5.74, 6) is -2.15. The van der Waals surface area contributed by atoms with Gasteiger partial charge in [-0.3, -0.25) is 4.98 Å². The first-order valence-corrected chi connectivity index (χ1v) is 9.29. The standard InChI is InChI=1S/C21H24FN3O6/c1-20(2,3)30-18(28)25(19(29)31-21(4,5)6)15-8-7-14(24-16(15)17(26)27)12-9-13(22)11-23-10-12/h7-11H,1-6H3,(H,26,27). The number of halogens is 1. The number of imide groups is 1. The fourth-order valence-electron chi connectivity index (χ4n) is 2.39. The molecule has 2 rings (SSSR count). The minimum absolute atomic E-state index is 0.0847. The Morgan fingerprint density at radius 2 is 1.52 bits per heavy atom. The van der Waals surface area contributed by atoms with Crippen molar-refractivity contribution >= 4 is 23.8 Å². The van der Waals surface area contributed by atoms with Crippen molar-refractivity contribution in [3.8, 4) is 11.3 Å². The largest absolute Gasteiger partial charge is 0.476 e. The van der Waals surface area contributed by atoms with Crippen LogP contribution in [0.1, 0.15) is 52.0 Å². The van der Waals surface area contributed by atoms with Crippen molar-refractivity contribution in [3.05, 3.63) is 42.1 Å². The molecule has 2 amide bonds. The summed E-state index contributed by atoms with van der Waals surface area (Å²) < 4.78 is 24.0. The van der Waals surface area contributed by atoms with E-state index in [1.165, 1.54) is 18.3 Å². The van der Waals surface area contributed by atoms with Gasteiger partial charge >= 0.3 is 18.2 Å². The van der Waals surface area contributed by atoms with E-state index >= 15 is 0 Å². The van der Waals surface area contributed by atoms with E-state index < -0.39 is 40.9 Å². The fourth-order valence-corrected chi connectivity index (χ4v) is 2.39. The maximum Gasteiger partial charge on any atom is 0.424 e. The summed E-state index contributed by atoms with van der Waals surface area (Å²) in [5.41, 5.74) is -2.62. The zero-order valence-electron chi connectivity index (χ0n) is 18.1. The molecule has 9 nitrogen and oxygen atoms in total. The smallest absolute Gasteiger partial charge is 0.424 e. The summed E-state index contributed by atoms with van der Waals surface area (Å²) in [6.07, 6.45) is 0.0244. The Balaban J connectivity index is 2.61. The van der Waals surface area contributed by atoms with E-state index in [1.807, 2.05) is 0 Å². The molecule has 0 unspecified atom stereocenters. The Bertz CT molecular complexity index is 983. The van der Waals surface area contributed by atoms with E-state index in [0.29, 0.717) is 4.90 Å². The predicted octanol–water partition coefficient (Wildman–Crippen LogP) is 4.66. The molecular weight excluding hydrogens is 409 g/mol. The summed E-state index contributed by atoms with van der Waals surface area (Å²) >= 11 is 0. The maximum absolute atomic E-state index is 13.5. The number of carbonyl (C=O) groups is 3. The molecule has 10 heteroatoms. The third kappa shape index (κ3) is 6.46. The van der Waals surface area contributed by atoms with E-state index in [1.54, 1.807) is 41.5 Å². The van der Waals surface area contributed by atoms with Crippen LogP contribution in [-0.2, 0) is 9.47 Å². The summed E-state index contributed by atoms with van der Waals surface area (Å²) in [7, 11) is 0. The normalized spacial score (nSPS) is 11.6. The lowest BCUT2D eigenvalue weighted by molar-refractivity contribution is 0.0430.